The molecule has 0 aromatic carbocycles. The smallest absolute Gasteiger partial charge is 0.141 e. The lowest BCUT2D eigenvalue weighted by atomic mass is 10.3. The van der Waals surface area contributed by atoms with Gasteiger partial charge in [0.25, 0.3) is 0 Å². The molecule has 0 N–H and O–H groups in total. The van der Waals surface area contributed by atoms with Crippen molar-refractivity contribution in [2.75, 3.05) is 13.7 Å². The van der Waals surface area contributed by atoms with Crippen LogP contribution in [-0.2, 0) is 0 Å². The lowest BCUT2D eigenvalue weighted by Crippen LogP contribution is -1.97. The van der Waals surface area contributed by atoms with Crippen molar-refractivity contribution in [1.29, 1.82) is 0 Å². The average molecular weight is 181 g/mol. The van der Waals surface area contributed by atoms with Gasteiger partial charge in [0.1, 0.15) is 11.5 Å². The number of ether oxygens (including phenoxy) is 2. The van der Waals surface area contributed by atoms with E-state index in [0.29, 0.717) is 0 Å². The van der Waals surface area contributed by atoms with Crippen molar-refractivity contribution < 1.29 is 9.47 Å². The van der Waals surface area contributed by atoms with Gasteiger partial charge >= 0.3 is 0 Å². The highest BCUT2D eigenvalue weighted by Gasteiger charge is 1.96. The summed E-state index contributed by atoms with van der Waals surface area (Å²) in [5.74, 6) is 1.50. The van der Waals surface area contributed by atoms with E-state index >= 15 is 0 Å². The highest BCUT2D eigenvalue weighted by Crippen LogP contribution is 2.16. The minimum Gasteiger partial charge on any atom is -0.495 e. The molecular formula is C10H15NO2. The number of unbranched alkanes of at least 4 members (excludes halogenated alkanes) is 1. The van der Waals surface area contributed by atoms with Gasteiger partial charge in [0.2, 0.25) is 0 Å². The number of methoxy groups -OCH3 is 1. The van der Waals surface area contributed by atoms with Crippen LogP contribution in [0.5, 0.6) is 11.5 Å². The number of rotatable bonds is 5. The van der Waals surface area contributed by atoms with Crippen molar-refractivity contribution in [3.05, 3.63) is 18.5 Å². The van der Waals surface area contributed by atoms with Gasteiger partial charge in [-0.1, -0.05) is 13.3 Å². The Labute approximate surface area is 78.7 Å². The van der Waals surface area contributed by atoms with E-state index in [9.17, 15) is 0 Å². The highest BCUT2D eigenvalue weighted by molar-refractivity contribution is 5.27. The van der Waals surface area contributed by atoms with Gasteiger partial charge in [0, 0.05) is 6.07 Å². The summed E-state index contributed by atoms with van der Waals surface area (Å²) in [4.78, 5) is 3.98. The van der Waals surface area contributed by atoms with Crippen molar-refractivity contribution in [3.8, 4) is 11.5 Å². The van der Waals surface area contributed by atoms with E-state index in [1.807, 2.05) is 6.07 Å². The minimum absolute atomic E-state index is 0.731. The maximum absolute atomic E-state index is 5.45. The van der Waals surface area contributed by atoms with Crippen molar-refractivity contribution >= 4 is 0 Å². The topological polar surface area (TPSA) is 31.4 Å². The molecule has 72 valence electrons. The first-order chi connectivity index (χ1) is 6.36. The van der Waals surface area contributed by atoms with E-state index in [1.165, 1.54) is 0 Å². The van der Waals surface area contributed by atoms with Crippen LogP contribution in [0.15, 0.2) is 18.5 Å². The number of aromatic nitrogens is 1. The fraction of sp³-hybridized carbons (Fsp3) is 0.500. The summed E-state index contributed by atoms with van der Waals surface area (Å²) < 4.78 is 10.5. The Morgan fingerprint density at radius 1 is 1.31 bits per heavy atom. The van der Waals surface area contributed by atoms with Gasteiger partial charge in [-0.3, -0.25) is 4.98 Å². The van der Waals surface area contributed by atoms with Crippen molar-refractivity contribution in [1.82, 2.24) is 4.98 Å². The third-order valence-electron chi connectivity index (χ3n) is 1.69. The van der Waals surface area contributed by atoms with Gasteiger partial charge in [0.05, 0.1) is 26.1 Å². The zero-order valence-electron chi connectivity index (χ0n) is 8.12. The lowest BCUT2D eigenvalue weighted by Gasteiger charge is -2.05. The molecular weight excluding hydrogens is 166 g/mol. The van der Waals surface area contributed by atoms with Gasteiger partial charge in [0.15, 0.2) is 0 Å². The molecule has 0 saturated carbocycles. The third kappa shape index (κ3) is 3.32. The number of pyridine rings is 1. The Hall–Kier alpha value is -1.25. The summed E-state index contributed by atoms with van der Waals surface area (Å²) in [7, 11) is 1.62. The van der Waals surface area contributed by atoms with E-state index in [0.717, 1.165) is 30.9 Å². The van der Waals surface area contributed by atoms with Gasteiger partial charge in [-0.25, -0.2) is 0 Å². The van der Waals surface area contributed by atoms with Gasteiger partial charge in [-0.05, 0) is 6.42 Å². The van der Waals surface area contributed by atoms with Crippen LogP contribution in [0.1, 0.15) is 19.8 Å². The first-order valence-electron chi connectivity index (χ1n) is 4.48. The molecule has 3 heteroatoms. The van der Waals surface area contributed by atoms with Gasteiger partial charge < -0.3 is 9.47 Å². The second-order valence-electron chi connectivity index (χ2n) is 2.76. The van der Waals surface area contributed by atoms with Crippen LogP contribution in [0.3, 0.4) is 0 Å². The predicted molar refractivity (Wildman–Crippen MR) is 51.2 cm³/mol. The molecule has 0 aliphatic rings. The largest absolute Gasteiger partial charge is 0.495 e. The summed E-state index contributed by atoms with van der Waals surface area (Å²) in [5, 5.41) is 0. The van der Waals surface area contributed by atoms with Crippen LogP contribution in [-0.4, -0.2) is 18.7 Å². The molecule has 0 aliphatic heterocycles. The minimum atomic E-state index is 0.731. The fourth-order valence-electron chi connectivity index (χ4n) is 0.924. The normalized spacial score (nSPS) is 9.69. The third-order valence-corrected chi connectivity index (χ3v) is 1.69. The van der Waals surface area contributed by atoms with Crippen LogP contribution in [0, 0.1) is 0 Å². The van der Waals surface area contributed by atoms with Crippen molar-refractivity contribution in [2.45, 2.75) is 19.8 Å². The Morgan fingerprint density at radius 2 is 2.08 bits per heavy atom. The Morgan fingerprint density at radius 3 is 2.77 bits per heavy atom. The molecule has 1 rings (SSSR count). The zero-order chi connectivity index (χ0) is 9.52. The van der Waals surface area contributed by atoms with Crippen LogP contribution in [0.2, 0.25) is 0 Å². The second kappa shape index (κ2) is 5.41. The highest BCUT2D eigenvalue weighted by atomic mass is 16.5. The van der Waals surface area contributed by atoms with Gasteiger partial charge in [-0.15, -0.1) is 0 Å². The maximum atomic E-state index is 5.45. The first-order valence-corrected chi connectivity index (χ1v) is 4.48. The van der Waals surface area contributed by atoms with E-state index in [4.69, 9.17) is 9.47 Å². The molecule has 0 amide bonds. The molecule has 0 aliphatic carbocycles. The van der Waals surface area contributed by atoms with E-state index in [-0.39, 0.29) is 0 Å². The van der Waals surface area contributed by atoms with Crippen LogP contribution < -0.4 is 9.47 Å². The van der Waals surface area contributed by atoms with E-state index < -0.39 is 0 Å². The number of hydrogen-bond acceptors (Lipinski definition) is 3. The molecule has 0 bridgehead atoms. The molecule has 0 radical (unpaired) electrons. The monoisotopic (exact) mass is 181 g/mol. The Bertz CT molecular complexity index is 250. The number of hydrogen-bond donors (Lipinski definition) is 0. The Balaban J connectivity index is 2.46. The van der Waals surface area contributed by atoms with Crippen LogP contribution in [0.25, 0.3) is 0 Å². The molecule has 0 saturated heterocycles. The van der Waals surface area contributed by atoms with Gasteiger partial charge in [-0.2, -0.15) is 0 Å². The molecule has 1 aromatic heterocycles. The fourth-order valence-corrected chi connectivity index (χ4v) is 0.924. The predicted octanol–water partition coefficient (Wildman–Crippen LogP) is 2.27. The summed E-state index contributed by atoms with van der Waals surface area (Å²) in [5.41, 5.74) is 0. The molecule has 1 heterocycles. The molecule has 0 atom stereocenters. The van der Waals surface area contributed by atoms with Crippen LogP contribution in [0.4, 0.5) is 0 Å². The standard InChI is InChI=1S/C10H15NO2/c1-3-4-5-13-10-6-9(12-2)7-11-8-10/h6-8H,3-5H2,1-2H3. The molecule has 0 fully saturated rings. The maximum Gasteiger partial charge on any atom is 0.141 e. The number of nitrogens with zero attached hydrogens (tertiary/aromatic N) is 1. The quantitative estimate of drug-likeness (QED) is 0.653. The molecule has 0 spiro atoms. The Kier molecular flexibility index (Phi) is 4.09. The average Bonchev–Trinajstić information content (AvgIpc) is 2.19. The van der Waals surface area contributed by atoms with E-state index in [2.05, 4.69) is 11.9 Å². The zero-order valence-corrected chi connectivity index (χ0v) is 8.12. The van der Waals surface area contributed by atoms with Crippen LogP contribution >= 0.6 is 0 Å². The second-order valence-corrected chi connectivity index (χ2v) is 2.76. The lowest BCUT2D eigenvalue weighted by molar-refractivity contribution is 0.305. The molecule has 3 nitrogen and oxygen atoms in total. The summed E-state index contributed by atoms with van der Waals surface area (Å²) in [6.07, 6.45) is 5.56. The van der Waals surface area contributed by atoms with Crippen molar-refractivity contribution in [3.63, 3.8) is 0 Å². The van der Waals surface area contributed by atoms with E-state index in [1.54, 1.807) is 19.5 Å². The summed E-state index contributed by atoms with van der Waals surface area (Å²) >= 11 is 0. The summed E-state index contributed by atoms with van der Waals surface area (Å²) in [6.45, 7) is 2.87. The molecule has 0 unspecified atom stereocenters. The summed E-state index contributed by atoms with van der Waals surface area (Å²) in [6, 6.07) is 1.84. The molecule has 1 aromatic rings. The SMILES string of the molecule is CCCCOc1cncc(OC)c1. The van der Waals surface area contributed by atoms with Crippen molar-refractivity contribution in [2.24, 2.45) is 0 Å². The first kappa shape index (κ1) is 9.84. The molecule has 13 heavy (non-hydrogen) atoms.